The molecule has 0 fully saturated rings. The summed E-state index contributed by atoms with van der Waals surface area (Å²) in [4.78, 5) is 32.0. The van der Waals surface area contributed by atoms with E-state index in [1.54, 1.807) is 62.4 Å². The average molecular weight is 446 g/mol. The van der Waals surface area contributed by atoms with Crippen molar-refractivity contribution in [1.82, 2.24) is 5.06 Å². The van der Waals surface area contributed by atoms with E-state index in [0.717, 1.165) is 5.06 Å². The average Bonchev–Trinajstić information content (AvgIpc) is 2.94. The summed E-state index contributed by atoms with van der Waals surface area (Å²) in [6, 6.07) is 13.5. The molecule has 7 nitrogen and oxygen atoms in total. The molecule has 3 rings (SSSR count). The van der Waals surface area contributed by atoms with Gasteiger partial charge in [-0.05, 0) is 39.0 Å². The van der Waals surface area contributed by atoms with E-state index < -0.39 is 17.4 Å². The molecule has 0 N–H and O–H groups in total. The first-order chi connectivity index (χ1) is 14.8. The minimum Gasteiger partial charge on any atom is -0.496 e. The molecule has 0 aromatic heterocycles. The van der Waals surface area contributed by atoms with Crippen LogP contribution in [0.5, 0.6) is 5.75 Å². The number of amides is 1. The van der Waals surface area contributed by atoms with Crippen molar-refractivity contribution in [2.75, 3.05) is 20.5 Å². The van der Waals surface area contributed by atoms with Crippen molar-refractivity contribution in [2.24, 2.45) is 0 Å². The van der Waals surface area contributed by atoms with Crippen LogP contribution >= 0.6 is 11.6 Å². The van der Waals surface area contributed by atoms with Crippen LogP contribution in [0.15, 0.2) is 54.3 Å². The molecule has 0 unspecified atom stereocenters. The largest absolute Gasteiger partial charge is 0.496 e. The molecule has 0 spiro atoms. The molecule has 0 atom stereocenters. The maximum Gasteiger partial charge on any atom is 0.347 e. The summed E-state index contributed by atoms with van der Waals surface area (Å²) >= 11 is 6.37. The molecule has 0 saturated carbocycles. The van der Waals surface area contributed by atoms with E-state index in [2.05, 4.69) is 0 Å². The molecular weight excluding hydrogens is 422 g/mol. The summed E-state index contributed by atoms with van der Waals surface area (Å²) < 4.78 is 16.3. The number of halogens is 1. The fourth-order valence-corrected chi connectivity index (χ4v) is 3.51. The number of hydrogen-bond acceptors (Lipinski definition) is 6. The molecule has 2 aromatic carbocycles. The van der Waals surface area contributed by atoms with Crippen LogP contribution in [-0.4, -0.2) is 43.0 Å². The van der Waals surface area contributed by atoms with Gasteiger partial charge in [0.1, 0.15) is 22.6 Å². The molecular formula is C23H24ClNO6. The van der Waals surface area contributed by atoms with Crippen molar-refractivity contribution in [3.05, 3.63) is 70.4 Å². The number of carbonyl (C=O) groups excluding carboxylic acids is 2. The third kappa shape index (κ3) is 4.44. The zero-order valence-corrected chi connectivity index (χ0v) is 18.6. The lowest BCUT2D eigenvalue weighted by molar-refractivity contribution is -0.242. The fraction of sp³-hybridized carbons (Fsp3) is 0.304. The van der Waals surface area contributed by atoms with Crippen molar-refractivity contribution >= 4 is 29.1 Å². The number of hydrogen-bond donors (Lipinski definition) is 0. The third-order valence-electron chi connectivity index (χ3n) is 4.82. The number of rotatable bonds is 8. The molecule has 164 valence electrons. The second-order valence-corrected chi connectivity index (χ2v) is 7.58. The van der Waals surface area contributed by atoms with E-state index in [-0.39, 0.29) is 23.7 Å². The van der Waals surface area contributed by atoms with Gasteiger partial charge in [0.25, 0.3) is 5.91 Å². The van der Waals surface area contributed by atoms with Crippen LogP contribution in [0.2, 0.25) is 5.02 Å². The smallest absolute Gasteiger partial charge is 0.347 e. The maximum atomic E-state index is 13.3. The number of nitrogens with zero attached hydrogens (tertiary/aromatic N) is 1. The van der Waals surface area contributed by atoms with Crippen molar-refractivity contribution in [1.29, 1.82) is 0 Å². The van der Waals surface area contributed by atoms with E-state index in [4.69, 9.17) is 30.6 Å². The Kier molecular flexibility index (Phi) is 7.00. The lowest BCUT2D eigenvalue weighted by Crippen LogP contribution is -2.44. The minimum atomic E-state index is -1.11. The van der Waals surface area contributed by atoms with Crippen LogP contribution in [0.4, 0.5) is 0 Å². The van der Waals surface area contributed by atoms with Gasteiger partial charge in [0.05, 0.1) is 12.7 Å². The first-order valence-electron chi connectivity index (χ1n) is 9.73. The summed E-state index contributed by atoms with van der Waals surface area (Å²) in [5, 5.41) is 1.49. The van der Waals surface area contributed by atoms with Gasteiger partial charge in [0.2, 0.25) is 0 Å². The zero-order valence-electron chi connectivity index (χ0n) is 17.8. The van der Waals surface area contributed by atoms with Crippen LogP contribution in [0, 0.1) is 0 Å². The summed E-state index contributed by atoms with van der Waals surface area (Å²) in [5.74, 6) is -0.665. The summed E-state index contributed by atoms with van der Waals surface area (Å²) in [6.07, 6.45) is 0. The maximum absolute atomic E-state index is 13.3. The molecule has 1 amide bonds. The molecule has 0 radical (unpaired) electrons. The van der Waals surface area contributed by atoms with Crippen LogP contribution in [0.25, 0.3) is 5.57 Å². The SMILES string of the molecule is CCOCON1C(=O)C(c2ccccc2Cl)=C(OC(=O)c2ccccc2OC)C1(C)C. The second-order valence-electron chi connectivity index (χ2n) is 7.17. The lowest BCUT2D eigenvalue weighted by Gasteiger charge is -2.31. The predicted octanol–water partition coefficient (Wildman–Crippen LogP) is 4.46. The van der Waals surface area contributed by atoms with Gasteiger partial charge >= 0.3 is 5.97 Å². The topological polar surface area (TPSA) is 74.3 Å². The van der Waals surface area contributed by atoms with Crippen molar-refractivity contribution in [2.45, 2.75) is 26.3 Å². The van der Waals surface area contributed by atoms with E-state index in [9.17, 15) is 9.59 Å². The normalized spacial score (nSPS) is 15.4. The molecule has 0 aliphatic carbocycles. The Morgan fingerprint density at radius 1 is 1.10 bits per heavy atom. The molecule has 1 aliphatic rings. The van der Waals surface area contributed by atoms with Gasteiger partial charge < -0.3 is 14.2 Å². The Balaban J connectivity index is 2.07. The summed E-state index contributed by atoms with van der Waals surface area (Å²) in [6.45, 7) is 5.53. The van der Waals surface area contributed by atoms with Gasteiger partial charge in [-0.1, -0.05) is 41.9 Å². The van der Waals surface area contributed by atoms with Gasteiger partial charge in [-0.15, -0.1) is 0 Å². The number of para-hydroxylation sites is 1. The van der Waals surface area contributed by atoms with Gasteiger partial charge in [0, 0.05) is 17.2 Å². The van der Waals surface area contributed by atoms with Crippen molar-refractivity contribution < 1.29 is 28.6 Å². The van der Waals surface area contributed by atoms with Crippen LogP contribution < -0.4 is 4.74 Å². The van der Waals surface area contributed by atoms with Crippen LogP contribution in [-0.2, 0) is 19.1 Å². The first kappa shape index (κ1) is 22.8. The van der Waals surface area contributed by atoms with E-state index in [0.29, 0.717) is 22.9 Å². The third-order valence-corrected chi connectivity index (χ3v) is 5.15. The highest BCUT2D eigenvalue weighted by Crippen LogP contribution is 2.43. The highest BCUT2D eigenvalue weighted by molar-refractivity contribution is 6.35. The molecule has 1 heterocycles. The number of benzene rings is 2. The Hall–Kier alpha value is -2.87. The van der Waals surface area contributed by atoms with E-state index in [1.807, 2.05) is 6.92 Å². The van der Waals surface area contributed by atoms with E-state index in [1.165, 1.54) is 7.11 Å². The predicted molar refractivity (Wildman–Crippen MR) is 115 cm³/mol. The quantitative estimate of drug-likeness (QED) is 0.339. The zero-order chi connectivity index (χ0) is 22.6. The van der Waals surface area contributed by atoms with Gasteiger partial charge in [-0.2, -0.15) is 0 Å². The first-order valence-corrected chi connectivity index (χ1v) is 10.1. The lowest BCUT2D eigenvalue weighted by atomic mass is 9.99. The molecule has 1 aliphatic heterocycles. The Bertz CT molecular complexity index is 1020. The molecule has 0 saturated heterocycles. The van der Waals surface area contributed by atoms with Gasteiger partial charge in [-0.25, -0.2) is 14.7 Å². The summed E-state index contributed by atoms with van der Waals surface area (Å²) in [5.41, 5.74) is -0.295. The van der Waals surface area contributed by atoms with Crippen LogP contribution in [0.3, 0.4) is 0 Å². The Morgan fingerprint density at radius 3 is 2.45 bits per heavy atom. The van der Waals surface area contributed by atoms with Gasteiger partial charge in [0.15, 0.2) is 6.79 Å². The fourth-order valence-electron chi connectivity index (χ4n) is 3.28. The van der Waals surface area contributed by atoms with E-state index >= 15 is 0 Å². The standard InChI is InChI=1S/C23H24ClNO6/c1-5-29-14-30-25-21(26)19(15-10-6-8-12-17(15)24)20(23(25,2)3)31-22(27)16-11-7-9-13-18(16)28-4/h6-13H,5,14H2,1-4H3. The number of hydroxylamine groups is 2. The Morgan fingerprint density at radius 2 is 1.77 bits per heavy atom. The number of esters is 1. The molecule has 8 heteroatoms. The highest BCUT2D eigenvalue weighted by atomic mass is 35.5. The van der Waals surface area contributed by atoms with Crippen LogP contribution in [0.1, 0.15) is 36.7 Å². The molecule has 2 aromatic rings. The monoisotopic (exact) mass is 445 g/mol. The summed E-state index contributed by atoms with van der Waals surface area (Å²) in [7, 11) is 1.47. The number of methoxy groups -OCH3 is 1. The second kappa shape index (κ2) is 9.51. The Labute approximate surface area is 186 Å². The number of carbonyl (C=O) groups is 2. The molecule has 0 bridgehead atoms. The minimum absolute atomic E-state index is 0.123. The van der Waals surface area contributed by atoms with Crippen molar-refractivity contribution in [3.63, 3.8) is 0 Å². The number of ether oxygens (including phenoxy) is 3. The highest BCUT2D eigenvalue weighted by Gasteiger charge is 2.50. The van der Waals surface area contributed by atoms with Gasteiger partial charge in [-0.3, -0.25) is 4.79 Å². The van der Waals surface area contributed by atoms with Crippen molar-refractivity contribution in [3.8, 4) is 5.75 Å². The molecule has 31 heavy (non-hydrogen) atoms.